The van der Waals surface area contributed by atoms with Crippen molar-refractivity contribution in [2.75, 3.05) is 5.32 Å². The minimum atomic E-state index is 0.434. The summed E-state index contributed by atoms with van der Waals surface area (Å²) in [6, 6.07) is 2.42. The number of allylic oxidation sites excluding steroid dienone is 1. The summed E-state index contributed by atoms with van der Waals surface area (Å²) in [5, 5.41) is 7.54. The molecular weight excluding hydrogens is 174 g/mol. The lowest BCUT2D eigenvalue weighted by Crippen LogP contribution is -2.24. The van der Waals surface area contributed by atoms with E-state index in [1.54, 1.807) is 6.20 Å². The van der Waals surface area contributed by atoms with Crippen LogP contribution in [0.2, 0.25) is 0 Å². The molecule has 0 amide bonds. The third-order valence-electron chi connectivity index (χ3n) is 2.59. The van der Waals surface area contributed by atoms with Crippen molar-refractivity contribution < 1.29 is 0 Å². The quantitative estimate of drug-likeness (QED) is 0.728. The molecule has 1 rings (SSSR count). The van der Waals surface area contributed by atoms with Crippen molar-refractivity contribution in [1.82, 2.24) is 9.78 Å². The van der Waals surface area contributed by atoms with E-state index in [2.05, 4.69) is 30.8 Å². The number of hydrogen-bond donors (Lipinski definition) is 1. The molecule has 0 aliphatic carbocycles. The van der Waals surface area contributed by atoms with Crippen molar-refractivity contribution in [1.29, 1.82) is 0 Å². The predicted molar refractivity (Wildman–Crippen MR) is 60.3 cm³/mol. The molecule has 0 saturated carbocycles. The summed E-state index contributed by atoms with van der Waals surface area (Å²) in [6.45, 7) is 8.15. The fourth-order valence-corrected chi connectivity index (χ4v) is 1.36. The number of anilines is 1. The molecule has 0 aromatic carbocycles. The lowest BCUT2D eigenvalue weighted by Gasteiger charge is -2.20. The van der Waals surface area contributed by atoms with Crippen LogP contribution in [0.3, 0.4) is 0 Å². The Bertz CT molecular complexity index is 290. The molecule has 0 aliphatic heterocycles. The minimum Gasteiger partial charge on any atom is -0.368 e. The largest absolute Gasteiger partial charge is 0.368 e. The van der Waals surface area contributed by atoms with Crippen LogP contribution >= 0.6 is 0 Å². The Balaban J connectivity index is 2.52. The van der Waals surface area contributed by atoms with Crippen molar-refractivity contribution in [3.05, 3.63) is 24.9 Å². The van der Waals surface area contributed by atoms with E-state index in [-0.39, 0.29) is 0 Å². The normalized spacial score (nSPS) is 14.8. The molecular formula is C11H19N3. The van der Waals surface area contributed by atoms with Crippen LogP contribution in [0.25, 0.3) is 0 Å². The van der Waals surface area contributed by atoms with Crippen molar-refractivity contribution in [2.24, 2.45) is 13.0 Å². The second kappa shape index (κ2) is 4.84. The second-order valence-corrected chi connectivity index (χ2v) is 3.77. The highest BCUT2D eigenvalue weighted by molar-refractivity contribution is 5.34. The summed E-state index contributed by atoms with van der Waals surface area (Å²) in [5.74, 6) is 1.65. The topological polar surface area (TPSA) is 29.9 Å². The van der Waals surface area contributed by atoms with Crippen LogP contribution in [0, 0.1) is 5.92 Å². The van der Waals surface area contributed by atoms with Crippen molar-refractivity contribution >= 4 is 5.82 Å². The van der Waals surface area contributed by atoms with Gasteiger partial charge in [-0.05, 0) is 19.3 Å². The van der Waals surface area contributed by atoms with Gasteiger partial charge in [0.2, 0.25) is 0 Å². The summed E-state index contributed by atoms with van der Waals surface area (Å²) in [4.78, 5) is 0. The summed E-state index contributed by atoms with van der Waals surface area (Å²) in [6.07, 6.45) is 4.80. The van der Waals surface area contributed by atoms with E-state index < -0.39 is 0 Å². The summed E-state index contributed by atoms with van der Waals surface area (Å²) in [5.41, 5.74) is 0. The molecule has 14 heavy (non-hydrogen) atoms. The molecule has 0 radical (unpaired) electrons. The molecule has 1 N–H and O–H groups in total. The highest BCUT2D eigenvalue weighted by Gasteiger charge is 2.11. The monoisotopic (exact) mass is 193 g/mol. The van der Waals surface area contributed by atoms with Gasteiger partial charge in [-0.25, -0.2) is 0 Å². The molecule has 1 aromatic heterocycles. The molecule has 78 valence electrons. The molecule has 0 spiro atoms. The van der Waals surface area contributed by atoms with Crippen LogP contribution in [-0.2, 0) is 7.05 Å². The summed E-state index contributed by atoms with van der Waals surface area (Å²) >= 11 is 0. The summed E-state index contributed by atoms with van der Waals surface area (Å²) < 4.78 is 1.84. The molecule has 2 unspecified atom stereocenters. The van der Waals surface area contributed by atoms with Crippen molar-refractivity contribution in [3.63, 3.8) is 0 Å². The minimum absolute atomic E-state index is 0.434. The molecule has 0 aliphatic rings. The molecule has 0 saturated heterocycles. The van der Waals surface area contributed by atoms with E-state index in [9.17, 15) is 0 Å². The van der Waals surface area contributed by atoms with Crippen LogP contribution in [0.5, 0.6) is 0 Å². The Morgan fingerprint density at radius 2 is 2.36 bits per heavy atom. The van der Waals surface area contributed by atoms with E-state index in [1.807, 2.05) is 23.9 Å². The second-order valence-electron chi connectivity index (χ2n) is 3.77. The van der Waals surface area contributed by atoms with Gasteiger partial charge in [0.15, 0.2) is 0 Å². The van der Waals surface area contributed by atoms with Crippen LogP contribution in [0.1, 0.15) is 20.3 Å². The van der Waals surface area contributed by atoms with Gasteiger partial charge >= 0.3 is 0 Å². The van der Waals surface area contributed by atoms with Gasteiger partial charge in [-0.3, -0.25) is 4.68 Å². The molecule has 0 bridgehead atoms. The molecule has 1 heterocycles. The fourth-order valence-electron chi connectivity index (χ4n) is 1.36. The average Bonchev–Trinajstić information content (AvgIpc) is 2.52. The standard InChI is InChI=1S/C11H19N3/c1-5-6-9(2)10(3)13-11-7-8-12-14(11)4/h5,7-10,13H,1,6H2,2-4H3. The maximum Gasteiger partial charge on any atom is 0.124 e. The van der Waals surface area contributed by atoms with Gasteiger partial charge in [-0.2, -0.15) is 5.10 Å². The van der Waals surface area contributed by atoms with Gasteiger partial charge in [0, 0.05) is 19.2 Å². The number of hydrogen-bond acceptors (Lipinski definition) is 2. The zero-order valence-electron chi connectivity index (χ0n) is 9.20. The average molecular weight is 193 g/mol. The zero-order valence-corrected chi connectivity index (χ0v) is 9.20. The molecule has 1 aromatic rings. The van der Waals surface area contributed by atoms with Crippen LogP contribution in [0.4, 0.5) is 5.82 Å². The molecule has 2 atom stereocenters. The van der Waals surface area contributed by atoms with Gasteiger partial charge in [0.05, 0.1) is 6.20 Å². The van der Waals surface area contributed by atoms with Crippen molar-refractivity contribution in [3.8, 4) is 0 Å². The number of aryl methyl sites for hydroxylation is 1. The number of aromatic nitrogens is 2. The highest BCUT2D eigenvalue weighted by atomic mass is 15.3. The Hall–Kier alpha value is -1.25. The third-order valence-corrected chi connectivity index (χ3v) is 2.59. The zero-order chi connectivity index (χ0) is 10.6. The summed E-state index contributed by atoms with van der Waals surface area (Å²) in [7, 11) is 1.94. The highest BCUT2D eigenvalue weighted by Crippen LogP contribution is 2.14. The SMILES string of the molecule is C=CCC(C)C(C)Nc1ccnn1C. The van der Waals surface area contributed by atoms with Gasteiger partial charge in [-0.15, -0.1) is 6.58 Å². The number of nitrogens with zero attached hydrogens (tertiary/aromatic N) is 2. The fraction of sp³-hybridized carbons (Fsp3) is 0.545. The maximum absolute atomic E-state index is 4.11. The van der Waals surface area contributed by atoms with E-state index in [0.717, 1.165) is 12.2 Å². The van der Waals surface area contributed by atoms with Gasteiger partial charge in [-0.1, -0.05) is 13.0 Å². The Labute approximate surface area is 85.8 Å². The van der Waals surface area contributed by atoms with Crippen LogP contribution in [0.15, 0.2) is 24.9 Å². The first-order valence-corrected chi connectivity index (χ1v) is 5.00. The van der Waals surface area contributed by atoms with E-state index in [4.69, 9.17) is 0 Å². The Morgan fingerprint density at radius 3 is 2.86 bits per heavy atom. The molecule has 3 heteroatoms. The third kappa shape index (κ3) is 2.62. The van der Waals surface area contributed by atoms with E-state index in [1.165, 1.54) is 0 Å². The number of nitrogens with one attached hydrogen (secondary N) is 1. The lowest BCUT2D eigenvalue weighted by atomic mass is 10.00. The first-order chi connectivity index (χ1) is 6.65. The van der Waals surface area contributed by atoms with Crippen LogP contribution in [-0.4, -0.2) is 15.8 Å². The molecule has 0 fully saturated rings. The van der Waals surface area contributed by atoms with E-state index in [0.29, 0.717) is 12.0 Å². The Morgan fingerprint density at radius 1 is 1.64 bits per heavy atom. The first kappa shape index (κ1) is 10.8. The van der Waals surface area contributed by atoms with E-state index >= 15 is 0 Å². The lowest BCUT2D eigenvalue weighted by molar-refractivity contribution is 0.513. The molecule has 3 nitrogen and oxygen atoms in total. The van der Waals surface area contributed by atoms with Crippen LogP contribution < -0.4 is 5.32 Å². The Kier molecular flexibility index (Phi) is 3.74. The van der Waals surface area contributed by atoms with Gasteiger partial charge in [0.25, 0.3) is 0 Å². The smallest absolute Gasteiger partial charge is 0.124 e. The van der Waals surface area contributed by atoms with Gasteiger partial charge in [0.1, 0.15) is 5.82 Å². The predicted octanol–water partition coefficient (Wildman–Crippen LogP) is 2.43. The first-order valence-electron chi connectivity index (χ1n) is 5.00. The number of rotatable bonds is 5. The maximum atomic E-state index is 4.11. The van der Waals surface area contributed by atoms with Gasteiger partial charge < -0.3 is 5.32 Å². The van der Waals surface area contributed by atoms with Crippen molar-refractivity contribution in [2.45, 2.75) is 26.3 Å².